The lowest BCUT2D eigenvalue weighted by atomic mass is 9.98. The summed E-state index contributed by atoms with van der Waals surface area (Å²) in [5, 5.41) is 14.8. The second-order valence-corrected chi connectivity index (χ2v) is 21.2. The van der Waals surface area contributed by atoms with Crippen LogP contribution in [0.4, 0.5) is 25.8 Å². The summed E-state index contributed by atoms with van der Waals surface area (Å²) in [4.78, 5) is 96.2. The number of aryl methyl sites for hydroxylation is 2. The number of aromatic carboxylic acids is 1. The molecule has 5 aliphatic rings. The molecule has 0 bridgehead atoms. The average Bonchev–Trinajstić information content (AvgIpc) is 4.37. The van der Waals surface area contributed by atoms with Crippen LogP contribution < -0.4 is 29.9 Å². The van der Waals surface area contributed by atoms with Gasteiger partial charge in [-0.15, -0.1) is 0 Å². The zero-order valence-corrected chi connectivity index (χ0v) is 44.3. The van der Waals surface area contributed by atoms with Crippen LogP contribution in [0.5, 0.6) is 11.5 Å². The number of carbonyl (C=O) groups is 7. The number of alkyl carbamates (subject to hydrolysis) is 2. The fraction of sp³-hybridized carbons (Fsp3) is 0.456. The maximum absolute atomic E-state index is 14.3. The van der Waals surface area contributed by atoms with Crippen molar-refractivity contribution in [2.45, 2.75) is 129 Å². The Hall–Kier alpha value is -7.83. The number of carbonyl (C=O) groups excluding carboxylic acids is 6. The van der Waals surface area contributed by atoms with Crippen molar-refractivity contribution < 1.29 is 62.4 Å². The van der Waals surface area contributed by atoms with Crippen molar-refractivity contribution >= 4 is 53.3 Å². The Labute approximate surface area is 442 Å². The molecule has 4 aromatic rings. The molecular weight excluding hydrogens is 977 g/mol. The molecule has 0 aromatic heterocycles. The first-order valence-corrected chi connectivity index (χ1v) is 25.9. The second-order valence-electron chi connectivity index (χ2n) is 21.2. The Morgan fingerprint density at radius 3 is 1.62 bits per heavy atom. The van der Waals surface area contributed by atoms with Crippen molar-refractivity contribution in [1.82, 2.24) is 20.4 Å². The van der Waals surface area contributed by atoms with Gasteiger partial charge in [0.05, 0.1) is 23.0 Å². The minimum atomic E-state index is -1.07. The number of benzene rings is 4. The van der Waals surface area contributed by atoms with Gasteiger partial charge in [0.2, 0.25) is 0 Å². The number of fused-ring (bicyclic) bond motifs is 2. The maximum Gasteiger partial charge on any atom is 0.410 e. The van der Waals surface area contributed by atoms with E-state index in [-0.39, 0.29) is 80.9 Å². The Kier molecular flexibility index (Phi) is 16.2. The van der Waals surface area contributed by atoms with Gasteiger partial charge in [-0.3, -0.25) is 14.4 Å². The molecular formula is C57H68N6O13. The van der Waals surface area contributed by atoms with E-state index >= 15 is 0 Å². The van der Waals surface area contributed by atoms with Gasteiger partial charge in [-0.25, -0.2) is 19.2 Å². The summed E-state index contributed by atoms with van der Waals surface area (Å²) < 4.78 is 28.2. The summed E-state index contributed by atoms with van der Waals surface area (Å²) in [6.07, 6.45) is 2.44. The predicted molar refractivity (Wildman–Crippen MR) is 281 cm³/mol. The summed E-state index contributed by atoms with van der Waals surface area (Å²) in [5.41, 5.74) is 2.15. The molecule has 3 heterocycles. The average molecular weight is 1050 g/mol. The molecule has 3 aliphatic heterocycles. The number of nitrogens with zero attached hydrogens (tertiary/aromatic N) is 4. The van der Waals surface area contributed by atoms with Gasteiger partial charge in [-0.1, -0.05) is 60.7 Å². The van der Waals surface area contributed by atoms with Crippen molar-refractivity contribution in [3.05, 3.63) is 118 Å². The van der Waals surface area contributed by atoms with Crippen LogP contribution in [-0.2, 0) is 37.0 Å². The zero-order valence-electron chi connectivity index (χ0n) is 44.3. The number of carboxylic acids is 1. The van der Waals surface area contributed by atoms with E-state index < -0.39 is 35.0 Å². The highest BCUT2D eigenvalue weighted by Crippen LogP contribution is 2.51. The van der Waals surface area contributed by atoms with Gasteiger partial charge in [0.1, 0.15) is 30.3 Å². The minimum Gasteiger partial charge on any atom is -0.478 e. The Morgan fingerprint density at radius 1 is 0.724 bits per heavy atom. The van der Waals surface area contributed by atoms with Crippen molar-refractivity contribution in [1.29, 1.82) is 0 Å². The summed E-state index contributed by atoms with van der Waals surface area (Å²) in [5.74, 6) is -0.605. The van der Waals surface area contributed by atoms with Gasteiger partial charge in [0, 0.05) is 76.6 Å². The number of ether oxygens (including phenoxy) is 5. The number of rotatable bonds is 14. The van der Waals surface area contributed by atoms with E-state index in [9.17, 15) is 38.7 Å². The summed E-state index contributed by atoms with van der Waals surface area (Å²) in [7, 11) is 0. The lowest BCUT2D eigenvalue weighted by Crippen LogP contribution is -2.54. The summed E-state index contributed by atoms with van der Waals surface area (Å²) in [6.45, 7) is 15.0. The minimum absolute atomic E-state index is 0.108. The third-order valence-electron chi connectivity index (χ3n) is 13.8. The maximum atomic E-state index is 14.3. The quantitative estimate of drug-likeness (QED) is 0.101. The van der Waals surface area contributed by atoms with Crippen LogP contribution in [0.15, 0.2) is 84.9 Å². The first-order valence-electron chi connectivity index (χ1n) is 25.9. The highest BCUT2D eigenvalue weighted by Gasteiger charge is 2.59. The van der Waals surface area contributed by atoms with Gasteiger partial charge < -0.3 is 59.0 Å². The normalized spacial score (nSPS) is 17.5. The zero-order chi connectivity index (χ0) is 54.5. The molecule has 1 atom stereocenters. The van der Waals surface area contributed by atoms with Gasteiger partial charge in [-0.2, -0.15) is 0 Å². The van der Waals surface area contributed by atoms with E-state index in [1.807, 2.05) is 113 Å². The molecule has 0 unspecified atom stereocenters. The van der Waals surface area contributed by atoms with Crippen LogP contribution in [0.1, 0.15) is 116 Å². The molecule has 3 fully saturated rings. The molecule has 9 rings (SSSR count). The molecule has 2 saturated carbocycles. The predicted octanol–water partition coefficient (Wildman–Crippen LogP) is 8.31. The third kappa shape index (κ3) is 12.6. The second kappa shape index (κ2) is 22.6. The lowest BCUT2D eigenvalue weighted by molar-refractivity contribution is -0.128. The fourth-order valence-electron chi connectivity index (χ4n) is 9.63. The SMILES string of the molecule is Cc1cc2c(cc1C(=O)N(C(C)C)[C@@H]1CCCN(C(=O)OC(C)(C)C)C1)N(CCNC(=O)OCc1ccccc1)C(=O)C1(CC1)O2.Cc1cc2c(cc1C(=O)O)N(CCNC(=O)OCc1ccccc1)C(=O)C1(CC1)O2. The molecule has 19 nitrogen and oxygen atoms in total. The molecule has 404 valence electrons. The number of piperidine rings is 1. The van der Waals surface area contributed by atoms with Crippen LogP contribution in [0, 0.1) is 13.8 Å². The Bertz CT molecular complexity index is 2840. The highest BCUT2D eigenvalue weighted by atomic mass is 16.6. The Morgan fingerprint density at radius 2 is 1.18 bits per heavy atom. The number of hydrogen-bond donors (Lipinski definition) is 3. The highest BCUT2D eigenvalue weighted by molar-refractivity contribution is 6.07. The first-order chi connectivity index (χ1) is 36.2. The van der Waals surface area contributed by atoms with Gasteiger partial charge in [0.15, 0.2) is 11.2 Å². The van der Waals surface area contributed by atoms with E-state index in [0.29, 0.717) is 72.8 Å². The van der Waals surface area contributed by atoms with Gasteiger partial charge in [-0.05, 0) is 108 Å². The van der Waals surface area contributed by atoms with Crippen molar-refractivity contribution in [3.8, 4) is 11.5 Å². The third-order valence-corrected chi connectivity index (χ3v) is 13.8. The van der Waals surface area contributed by atoms with E-state index in [4.69, 9.17) is 23.7 Å². The van der Waals surface area contributed by atoms with Crippen LogP contribution >= 0.6 is 0 Å². The van der Waals surface area contributed by atoms with Gasteiger partial charge in [0.25, 0.3) is 17.7 Å². The van der Waals surface area contributed by atoms with Crippen molar-refractivity contribution in [2.24, 2.45) is 0 Å². The van der Waals surface area contributed by atoms with Crippen LogP contribution in [-0.4, -0.2) is 125 Å². The number of hydrogen-bond acceptors (Lipinski definition) is 12. The molecule has 76 heavy (non-hydrogen) atoms. The number of nitrogens with one attached hydrogen (secondary N) is 2. The molecule has 0 radical (unpaired) electrons. The summed E-state index contributed by atoms with van der Waals surface area (Å²) in [6, 6.07) is 25.0. The first kappa shape index (κ1) is 54.4. The number of anilines is 2. The number of carboxylic acid groups (broad SMARTS) is 1. The lowest BCUT2D eigenvalue weighted by Gasteiger charge is -2.42. The van der Waals surface area contributed by atoms with Gasteiger partial charge >= 0.3 is 24.2 Å². The van der Waals surface area contributed by atoms with Crippen LogP contribution in [0.3, 0.4) is 0 Å². The smallest absolute Gasteiger partial charge is 0.410 e. The van der Waals surface area contributed by atoms with Crippen LogP contribution in [0.25, 0.3) is 0 Å². The Balaban J connectivity index is 0.000000220. The molecule has 2 spiro atoms. The summed E-state index contributed by atoms with van der Waals surface area (Å²) >= 11 is 0. The van der Waals surface area contributed by atoms with Crippen molar-refractivity contribution in [3.63, 3.8) is 0 Å². The van der Waals surface area contributed by atoms with E-state index in [2.05, 4.69) is 10.6 Å². The van der Waals surface area contributed by atoms with E-state index in [0.717, 1.165) is 29.5 Å². The molecule has 6 amide bonds. The van der Waals surface area contributed by atoms with E-state index in [1.54, 1.807) is 28.9 Å². The topological polar surface area (TPSA) is 223 Å². The number of likely N-dealkylation sites (tertiary alicyclic amines) is 1. The molecule has 19 heteroatoms. The monoisotopic (exact) mass is 1040 g/mol. The van der Waals surface area contributed by atoms with E-state index in [1.165, 1.54) is 11.0 Å². The standard InChI is InChI=1S/C35H46N4O7.C22H22N2O6/c1-23(2)39(26-13-10-17-37(21-26)33(43)46-34(4,5)6)30(40)27-20-28-29(19-24(27)3)45-35(14-15-35)31(41)38(28)18-16-36-32(42)44-22-25-11-8-7-9-12-25;1-14-11-18-17(12-16(14)19(25)26)24(20(27)22(30-18)7-8-22)10-9-23-21(28)29-13-15-5-3-2-4-6-15/h7-9,11-12,19-20,23,26H,10,13-18,21-22H2,1-6H3,(H,36,42);2-6,11-12H,7-10,13H2,1H3,(H,23,28)(H,25,26)/t26-;/m1./s1. The van der Waals surface area contributed by atoms with Crippen LogP contribution in [0.2, 0.25) is 0 Å². The molecule has 2 aliphatic carbocycles. The molecule has 4 aromatic carbocycles. The fourth-order valence-corrected chi connectivity index (χ4v) is 9.63. The van der Waals surface area contributed by atoms with Crippen molar-refractivity contribution in [2.75, 3.05) is 49.1 Å². The number of amides is 6. The molecule has 1 saturated heterocycles. The molecule has 3 N–H and O–H groups in total. The largest absolute Gasteiger partial charge is 0.478 e.